The van der Waals surface area contributed by atoms with Gasteiger partial charge in [0.25, 0.3) is 0 Å². The topological polar surface area (TPSA) is 63.8 Å². The molecule has 0 atom stereocenters. The van der Waals surface area contributed by atoms with Gasteiger partial charge >= 0.3 is 12.1 Å². The number of imidazole rings is 1. The Labute approximate surface area is 140 Å². The van der Waals surface area contributed by atoms with E-state index in [1.807, 2.05) is 0 Å². The predicted molar refractivity (Wildman–Crippen MR) is 82.7 cm³/mol. The first-order valence-corrected chi connectivity index (χ1v) is 7.27. The molecule has 1 aromatic carbocycles. The zero-order chi connectivity index (χ0) is 18.2. The van der Waals surface area contributed by atoms with E-state index in [1.54, 1.807) is 25.3 Å². The molecule has 0 aliphatic carbocycles. The number of benzene rings is 1. The minimum atomic E-state index is -4.38. The summed E-state index contributed by atoms with van der Waals surface area (Å²) in [5, 5.41) is 9.25. The van der Waals surface area contributed by atoms with Gasteiger partial charge in [0.1, 0.15) is 6.61 Å². The van der Waals surface area contributed by atoms with E-state index in [2.05, 4.69) is 4.98 Å². The van der Waals surface area contributed by atoms with Gasteiger partial charge in [-0.3, -0.25) is 4.40 Å². The van der Waals surface area contributed by atoms with Crippen LogP contribution < -0.4 is 4.74 Å². The molecular weight excluding hydrogens is 337 g/mol. The van der Waals surface area contributed by atoms with Gasteiger partial charge in [-0.15, -0.1) is 0 Å². The Morgan fingerprint density at radius 2 is 1.92 bits per heavy atom. The quantitative estimate of drug-likeness (QED) is 0.774. The van der Waals surface area contributed by atoms with Crippen LogP contribution in [0.4, 0.5) is 13.2 Å². The highest BCUT2D eigenvalue weighted by Gasteiger charge is 2.29. The van der Waals surface area contributed by atoms with Crippen LogP contribution in [0.3, 0.4) is 0 Å². The standard InChI is InChI=1S/C17H13F3N2O3/c1-10-14(16(23)24)22-8-2-3-13(15(22)21-10)25-9-11-4-6-12(7-5-11)17(18,19)20/h2-8H,9H2,1H3,(H,23,24). The fraction of sp³-hybridized carbons (Fsp3) is 0.176. The van der Waals surface area contributed by atoms with Gasteiger partial charge in [-0.05, 0) is 36.8 Å². The highest BCUT2D eigenvalue weighted by molar-refractivity contribution is 5.88. The molecule has 0 spiro atoms. The Hall–Kier alpha value is -3.03. The SMILES string of the molecule is Cc1nc2c(OCc3ccc(C(F)(F)F)cc3)cccn2c1C(=O)O. The first kappa shape index (κ1) is 16.8. The smallest absolute Gasteiger partial charge is 0.416 e. The van der Waals surface area contributed by atoms with E-state index >= 15 is 0 Å². The number of nitrogens with zero attached hydrogens (tertiary/aromatic N) is 2. The monoisotopic (exact) mass is 350 g/mol. The maximum Gasteiger partial charge on any atom is 0.416 e. The van der Waals surface area contributed by atoms with Crippen molar-refractivity contribution in [2.45, 2.75) is 19.7 Å². The van der Waals surface area contributed by atoms with E-state index in [1.165, 1.54) is 16.5 Å². The number of fused-ring (bicyclic) bond motifs is 1. The number of aryl methyl sites for hydroxylation is 1. The Balaban J connectivity index is 1.84. The summed E-state index contributed by atoms with van der Waals surface area (Å²) in [5.41, 5.74) is 0.544. The number of aromatic carboxylic acids is 1. The first-order chi connectivity index (χ1) is 11.8. The number of hydrogen-bond acceptors (Lipinski definition) is 3. The van der Waals surface area contributed by atoms with Crippen LogP contribution >= 0.6 is 0 Å². The van der Waals surface area contributed by atoms with Crippen molar-refractivity contribution in [2.75, 3.05) is 0 Å². The minimum Gasteiger partial charge on any atom is -0.485 e. The second-order valence-electron chi connectivity index (χ2n) is 5.40. The number of rotatable bonds is 4. The van der Waals surface area contributed by atoms with Gasteiger partial charge in [-0.25, -0.2) is 9.78 Å². The lowest BCUT2D eigenvalue weighted by molar-refractivity contribution is -0.137. The molecule has 3 rings (SSSR count). The maximum atomic E-state index is 12.6. The van der Waals surface area contributed by atoms with Crippen molar-refractivity contribution in [1.29, 1.82) is 0 Å². The summed E-state index contributed by atoms with van der Waals surface area (Å²) >= 11 is 0. The third kappa shape index (κ3) is 3.28. The van der Waals surface area contributed by atoms with Crippen LogP contribution in [-0.2, 0) is 12.8 Å². The van der Waals surface area contributed by atoms with Crippen LogP contribution in [0.2, 0.25) is 0 Å². The third-order valence-corrected chi connectivity index (χ3v) is 3.67. The molecule has 0 bridgehead atoms. The van der Waals surface area contributed by atoms with Gasteiger partial charge in [0.2, 0.25) is 0 Å². The van der Waals surface area contributed by atoms with E-state index in [9.17, 15) is 23.1 Å². The zero-order valence-electron chi connectivity index (χ0n) is 13.0. The van der Waals surface area contributed by atoms with Gasteiger partial charge in [-0.2, -0.15) is 13.2 Å². The average Bonchev–Trinajstić information content (AvgIpc) is 2.89. The van der Waals surface area contributed by atoms with Crippen molar-refractivity contribution in [3.05, 3.63) is 65.1 Å². The lowest BCUT2D eigenvalue weighted by Crippen LogP contribution is -2.05. The molecule has 0 amide bonds. The molecule has 0 aliphatic rings. The van der Waals surface area contributed by atoms with Crippen LogP contribution in [-0.4, -0.2) is 20.5 Å². The Morgan fingerprint density at radius 3 is 2.52 bits per heavy atom. The van der Waals surface area contributed by atoms with Crippen molar-refractivity contribution in [3.8, 4) is 5.75 Å². The molecule has 0 aliphatic heterocycles. The van der Waals surface area contributed by atoms with Gasteiger partial charge in [0.15, 0.2) is 17.1 Å². The Morgan fingerprint density at radius 1 is 1.24 bits per heavy atom. The van der Waals surface area contributed by atoms with Crippen LogP contribution in [0.5, 0.6) is 5.75 Å². The van der Waals surface area contributed by atoms with Gasteiger partial charge in [0.05, 0.1) is 11.3 Å². The summed E-state index contributed by atoms with van der Waals surface area (Å²) in [6.07, 6.45) is -2.82. The lowest BCUT2D eigenvalue weighted by atomic mass is 10.1. The van der Waals surface area contributed by atoms with Crippen LogP contribution in [0.25, 0.3) is 5.65 Å². The van der Waals surface area contributed by atoms with Gasteiger partial charge in [0, 0.05) is 6.20 Å². The summed E-state index contributed by atoms with van der Waals surface area (Å²) in [5.74, 6) is -0.761. The molecule has 1 N–H and O–H groups in total. The Kier molecular flexibility index (Phi) is 4.12. The Bertz CT molecular complexity index is 931. The number of aromatic nitrogens is 2. The van der Waals surface area contributed by atoms with E-state index in [4.69, 9.17) is 4.74 Å². The number of carboxylic acid groups (broad SMARTS) is 1. The number of hydrogen-bond donors (Lipinski definition) is 1. The molecule has 0 saturated heterocycles. The molecule has 0 fully saturated rings. The molecular formula is C17H13F3N2O3. The molecule has 8 heteroatoms. The van der Waals surface area contributed by atoms with E-state index in [0.717, 1.165) is 12.1 Å². The van der Waals surface area contributed by atoms with Crippen molar-refractivity contribution in [3.63, 3.8) is 0 Å². The van der Waals surface area contributed by atoms with E-state index < -0.39 is 17.7 Å². The fourth-order valence-corrected chi connectivity index (χ4v) is 2.48. The van der Waals surface area contributed by atoms with Gasteiger partial charge < -0.3 is 9.84 Å². The number of alkyl halides is 3. The highest BCUT2D eigenvalue weighted by atomic mass is 19.4. The van der Waals surface area contributed by atoms with E-state index in [0.29, 0.717) is 22.7 Å². The molecule has 0 unspecified atom stereocenters. The van der Waals surface area contributed by atoms with Crippen molar-refractivity contribution < 1.29 is 27.8 Å². The molecule has 3 aromatic rings. The summed E-state index contributed by atoms with van der Waals surface area (Å²) in [7, 11) is 0. The number of carboxylic acids is 1. The second kappa shape index (κ2) is 6.12. The molecule has 2 aromatic heterocycles. The normalized spacial score (nSPS) is 11.7. The summed E-state index contributed by atoms with van der Waals surface area (Å²) < 4.78 is 44.7. The summed E-state index contributed by atoms with van der Waals surface area (Å²) in [6, 6.07) is 7.88. The third-order valence-electron chi connectivity index (χ3n) is 3.67. The minimum absolute atomic E-state index is 0.0339. The summed E-state index contributed by atoms with van der Waals surface area (Å²) in [4.78, 5) is 15.5. The number of halogens is 3. The molecule has 2 heterocycles. The van der Waals surface area contributed by atoms with Crippen molar-refractivity contribution in [2.24, 2.45) is 0 Å². The zero-order valence-corrected chi connectivity index (χ0v) is 13.0. The fourth-order valence-electron chi connectivity index (χ4n) is 2.48. The number of carbonyl (C=O) groups is 1. The largest absolute Gasteiger partial charge is 0.485 e. The van der Waals surface area contributed by atoms with Crippen molar-refractivity contribution >= 4 is 11.6 Å². The molecule has 5 nitrogen and oxygen atoms in total. The number of pyridine rings is 1. The van der Waals surface area contributed by atoms with Crippen molar-refractivity contribution in [1.82, 2.24) is 9.38 Å². The van der Waals surface area contributed by atoms with Crippen LogP contribution in [0.1, 0.15) is 27.3 Å². The molecule has 130 valence electrons. The second-order valence-corrected chi connectivity index (χ2v) is 5.40. The van der Waals surface area contributed by atoms with Crippen LogP contribution in [0, 0.1) is 6.92 Å². The highest BCUT2D eigenvalue weighted by Crippen LogP contribution is 2.29. The predicted octanol–water partition coefficient (Wildman–Crippen LogP) is 3.94. The average molecular weight is 350 g/mol. The van der Waals surface area contributed by atoms with E-state index in [-0.39, 0.29) is 12.3 Å². The number of ether oxygens (including phenoxy) is 1. The van der Waals surface area contributed by atoms with Gasteiger partial charge in [-0.1, -0.05) is 12.1 Å². The molecule has 0 saturated carbocycles. The molecule has 0 radical (unpaired) electrons. The molecule has 25 heavy (non-hydrogen) atoms. The maximum absolute atomic E-state index is 12.6. The first-order valence-electron chi connectivity index (χ1n) is 7.27. The lowest BCUT2D eigenvalue weighted by Gasteiger charge is -2.10. The van der Waals surface area contributed by atoms with Crippen LogP contribution in [0.15, 0.2) is 42.6 Å². The summed E-state index contributed by atoms with van der Waals surface area (Å²) in [6.45, 7) is 1.61.